The third kappa shape index (κ3) is 2.84. The Balaban J connectivity index is 1.47. The number of carbonyl (C=O) groups is 1. The summed E-state index contributed by atoms with van der Waals surface area (Å²) in [7, 11) is 1.78. The molecule has 5 nitrogen and oxygen atoms in total. The van der Waals surface area contributed by atoms with E-state index < -0.39 is 0 Å². The van der Waals surface area contributed by atoms with Gasteiger partial charge >= 0.3 is 0 Å². The average Bonchev–Trinajstić information content (AvgIpc) is 3.20. The van der Waals surface area contributed by atoms with Crippen LogP contribution in [0.5, 0.6) is 0 Å². The third-order valence-corrected chi connectivity index (χ3v) is 5.38. The summed E-state index contributed by atoms with van der Waals surface area (Å²) in [6.07, 6.45) is 9.98. The Labute approximate surface area is 142 Å². The smallest absolute Gasteiger partial charge is 0.254 e. The number of benzene rings is 1. The topological polar surface area (TPSA) is 47.4 Å². The van der Waals surface area contributed by atoms with Crippen molar-refractivity contribution in [3.8, 4) is 0 Å². The molecule has 1 amide bonds. The minimum absolute atomic E-state index is 0.172. The van der Waals surface area contributed by atoms with Crippen LogP contribution in [-0.2, 0) is 11.3 Å². The summed E-state index contributed by atoms with van der Waals surface area (Å²) in [5.41, 5.74) is 1.96. The maximum atomic E-state index is 13.0. The van der Waals surface area contributed by atoms with E-state index in [1.165, 1.54) is 5.56 Å². The van der Waals surface area contributed by atoms with Crippen molar-refractivity contribution in [3.05, 3.63) is 54.1 Å². The van der Waals surface area contributed by atoms with Crippen LogP contribution in [0.25, 0.3) is 0 Å². The van der Waals surface area contributed by atoms with E-state index in [1.54, 1.807) is 19.6 Å². The molecule has 1 aromatic heterocycles. The monoisotopic (exact) mass is 325 g/mol. The van der Waals surface area contributed by atoms with Gasteiger partial charge in [-0.1, -0.05) is 12.1 Å². The Morgan fingerprint density at radius 2 is 1.92 bits per heavy atom. The Bertz CT molecular complexity index is 682. The highest BCUT2D eigenvalue weighted by atomic mass is 16.5. The van der Waals surface area contributed by atoms with Crippen LogP contribution < -0.4 is 0 Å². The predicted octanol–water partition coefficient (Wildman–Crippen LogP) is 2.71. The van der Waals surface area contributed by atoms with E-state index in [-0.39, 0.29) is 5.91 Å². The molecule has 2 aliphatic heterocycles. The lowest BCUT2D eigenvalue weighted by molar-refractivity contribution is 0.00822. The minimum Gasteiger partial charge on any atom is -0.381 e. The van der Waals surface area contributed by atoms with Crippen molar-refractivity contribution in [2.45, 2.75) is 50.4 Å². The zero-order chi connectivity index (χ0) is 16.5. The van der Waals surface area contributed by atoms with Gasteiger partial charge in [-0.15, -0.1) is 0 Å². The van der Waals surface area contributed by atoms with Crippen LogP contribution in [0.3, 0.4) is 0 Å². The lowest BCUT2D eigenvalue weighted by Gasteiger charge is -2.38. The van der Waals surface area contributed by atoms with Crippen LogP contribution in [-0.4, -0.2) is 45.7 Å². The Hall–Kier alpha value is -2.14. The van der Waals surface area contributed by atoms with Crippen LogP contribution in [0.1, 0.15) is 41.6 Å². The van der Waals surface area contributed by atoms with E-state index in [0.29, 0.717) is 18.2 Å². The highest BCUT2D eigenvalue weighted by Crippen LogP contribution is 2.37. The number of ether oxygens (including phenoxy) is 1. The molecule has 4 rings (SSSR count). The van der Waals surface area contributed by atoms with Crippen molar-refractivity contribution < 1.29 is 9.53 Å². The number of methoxy groups -OCH3 is 1. The number of nitrogens with zero attached hydrogens (tertiary/aromatic N) is 3. The van der Waals surface area contributed by atoms with Gasteiger partial charge in [-0.05, 0) is 43.4 Å². The van der Waals surface area contributed by atoms with Gasteiger partial charge in [-0.2, -0.15) is 0 Å². The quantitative estimate of drug-likeness (QED) is 0.868. The molecule has 5 heteroatoms. The van der Waals surface area contributed by atoms with Gasteiger partial charge in [0.15, 0.2) is 0 Å². The first-order valence-corrected chi connectivity index (χ1v) is 8.64. The first-order valence-electron chi connectivity index (χ1n) is 8.64. The first kappa shape index (κ1) is 15.4. The molecule has 0 N–H and O–H groups in total. The van der Waals surface area contributed by atoms with Crippen molar-refractivity contribution in [3.63, 3.8) is 0 Å². The number of rotatable bonds is 4. The normalized spacial score (nSPS) is 25.9. The molecule has 2 fully saturated rings. The van der Waals surface area contributed by atoms with E-state index in [1.807, 2.05) is 35.0 Å². The molecule has 2 aromatic rings. The van der Waals surface area contributed by atoms with Crippen LogP contribution in [0.15, 0.2) is 43.0 Å². The summed E-state index contributed by atoms with van der Waals surface area (Å²) < 4.78 is 7.55. The lowest BCUT2D eigenvalue weighted by atomic mass is 9.98. The molecule has 2 unspecified atom stereocenters. The molecule has 2 saturated heterocycles. The number of hydrogen-bond donors (Lipinski definition) is 0. The summed E-state index contributed by atoms with van der Waals surface area (Å²) >= 11 is 0. The van der Waals surface area contributed by atoms with Crippen molar-refractivity contribution >= 4 is 5.91 Å². The average molecular weight is 325 g/mol. The molecule has 0 radical (unpaired) electrons. The van der Waals surface area contributed by atoms with Crippen LogP contribution in [0.2, 0.25) is 0 Å². The van der Waals surface area contributed by atoms with E-state index >= 15 is 0 Å². The van der Waals surface area contributed by atoms with Crippen LogP contribution in [0, 0.1) is 0 Å². The summed E-state index contributed by atoms with van der Waals surface area (Å²) in [6, 6.07) is 8.67. The maximum absolute atomic E-state index is 13.0. The van der Waals surface area contributed by atoms with E-state index in [2.05, 4.69) is 9.88 Å². The fourth-order valence-electron chi connectivity index (χ4n) is 4.14. The Morgan fingerprint density at radius 1 is 1.21 bits per heavy atom. The summed E-state index contributed by atoms with van der Waals surface area (Å²) in [4.78, 5) is 19.1. The van der Waals surface area contributed by atoms with Crippen molar-refractivity contribution in [2.75, 3.05) is 7.11 Å². The largest absolute Gasteiger partial charge is 0.381 e. The predicted molar refractivity (Wildman–Crippen MR) is 90.8 cm³/mol. The molecule has 2 bridgehead atoms. The van der Waals surface area contributed by atoms with Crippen molar-refractivity contribution in [1.82, 2.24) is 14.5 Å². The maximum Gasteiger partial charge on any atom is 0.254 e. The van der Waals surface area contributed by atoms with Gasteiger partial charge in [-0.25, -0.2) is 4.98 Å². The zero-order valence-electron chi connectivity index (χ0n) is 14.0. The highest BCUT2D eigenvalue weighted by Gasteiger charge is 2.43. The molecule has 126 valence electrons. The van der Waals surface area contributed by atoms with Gasteiger partial charge in [0.05, 0.1) is 12.4 Å². The fraction of sp³-hybridized carbons (Fsp3) is 0.474. The first-order chi connectivity index (χ1) is 11.7. The van der Waals surface area contributed by atoms with E-state index in [0.717, 1.165) is 37.8 Å². The number of aromatic nitrogens is 2. The van der Waals surface area contributed by atoms with Gasteiger partial charge in [0.1, 0.15) is 0 Å². The van der Waals surface area contributed by atoms with Crippen molar-refractivity contribution in [1.29, 1.82) is 0 Å². The fourth-order valence-corrected chi connectivity index (χ4v) is 4.14. The molecule has 0 aliphatic carbocycles. The molecule has 2 aliphatic rings. The molecule has 3 heterocycles. The second kappa shape index (κ2) is 6.40. The number of hydrogen-bond acceptors (Lipinski definition) is 3. The summed E-state index contributed by atoms with van der Waals surface area (Å²) in [5, 5.41) is 0. The molecule has 0 saturated carbocycles. The summed E-state index contributed by atoms with van der Waals surface area (Å²) in [5.74, 6) is 0.172. The van der Waals surface area contributed by atoms with Gasteiger partial charge in [0.25, 0.3) is 5.91 Å². The van der Waals surface area contributed by atoms with E-state index in [9.17, 15) is 4.79 Å². The molecule has 0 spiro atoms. The Morgan fingerprint density at radius 3 is 2.50 bits per heavy atom. The Kier molecular flexibility index (Phi) is 4.10. The van der Waals surface area contributed by atoms with Gasteiger partial charge in [0.2, 0.25) is 0 Å². The third-order valence-electron chi connectivity index (χ3n) is 5.38. The number of imidazole rings is 1. The van der Waals surface area contributed by atoms with Crippen molar-refractivity contribution in [2.24, 2.45) is 0 Å². The minimum atomic E-state index is 0.172. The van der Waals surface area contributed by atoms with Gasteiger partial charge < -0.3 is 14.2 Å². The second-order valence-corrected chi connectivity index (χ2v) is 6.86. The highest BCUT2D eigenvalue weighted by molar-refractivity contribution is 5.95. The molecule has 2 atom stereocenters. The second-order valence-electron chi connectivity index (χ2n) is 6.86. The molecule has 24 heavy (non-hydrogen) atoms. The molecular weight excluding hydrogens is 302 g/mol. The van der Waals surface area contributed by atoms with Gasteiger partial charge in [0, 0.05) is 43.7 Å². The zero-order valence-corrected chi connectivity index (χ0v) is 14.0. The number of amides is 1. The SMILES string of the molecule is COC1CC2CCC(C1)N2C(=O)c1ccc(Cn2ccnc2)cc1. The molecule has 1 aromatic carbocycles. The van der Waals surface area contributed by atoms with Crippen LogP contribution in [0.4, 0.5) is 0 Å². The lowest BCUT2D eigenvalue weighted by Crippen LogP contribution is -2.48. The molecular formula is C19H23N3O2. The van der Waals surface area contributed by atoms with E-state index in [4.69, 9.17) is 4.74 Å². The standard InChI is InChI=1S/C19H23N3O2/c1-24-18-10-16-6-7-17(11-18)22(16)19(23)15-4-2-14(3-5-15)12-21-9-8-20-13-21/h2-5,8-9,13,16-18H,6-7,10-12H2,1H3. The van der Waals surface area contributed by atoms with Crippen LogP contribution >= 0.6 is 0 Å². The van der Waals surface area contributed by atoms with Gasteiger partial charge in [-0.3, -0.25) is 4.79 Å². The number of carbonyl (C=O) groups excluding carboxylic acids is 1. The number of piperidine rings is 1. The summed E-state index contributed by atoms with van der Waals surface area (Å²) in [6.45, 7) is 0.777. The number of fused-ring (bicyclic) bond motifs is 2.